The van der Waals surface area contributed by atoms with E-state index in [-0.39, 0.29) is 11.6 Å². The van der Waals surface area contributed by atoms with Crippen LogP contribution in [0.4, 0.5) is 0 Å². The molecule has 0 fully saturated rings. The molecule has 122 valence electrons. The highest BCUT2D eigenvalue weighted by molar-refractivity contribution is 6.30. The molecule has 0 saturated carbocycles. The normalized spacial score (nSPS) is 12.7. The summed E-state index contributed by atoms with van der Waals surface area (Å²) in [5.41, 5.74) is 2.81. The summed E-state index contributed by atoms with van der Waals surface area (Å²) in [4.78, 5) is 25.8. The third kappa shape index (κ3) is 1.99. The number of carbonyl (C=O) groups excluding carboxylic acids is 2. The average molecular weight is 334 g/mol. The van der Waals surface area contributed by atoms with Crippen molar-refractivity contribution >= 4 is 39.2 Å². The average Bonchev–Trinajstić information content (AvgIpc) is 2.71. The van der Waals surface area contributed by atoms with Gasteiger partial charge in [-0.25, -0.2) is 0 Å². The van der Waals surface area contributed by atoms with Crippen molar-refractivity contribution in [2.45, 2.75) is 0 Å². The van der Waals surface area contributed by atoms with Gasteiger partial charge < -0.3 is 0 Å². The summed E-state index contributed by atoms with van der Waals surface area (Å²) >= 11 is 0. The Kier molecular flexibility index (Phi) is 3.13. The molecule has 2 nitrogen and oxygen atoms in total. The lowest BCUT2D eigenvalue weighted by atomic mass is 9.83. The van der Waals surface area contributed by atoms with Crippen molar-refractivity contribution in [2.24, 2.45) is 0 Å². The van der Waals surface area contributed by atoms with Gasteiger partial charge in [0.2, 0.25) is 0 Å². The summed E-state index contributed by atoms with van der Waals surface area (Å²) in [7, 11) is 0. The zero-order valence-electron chi connectivity index (χ0n) is 13.9. The Labute approximate surface area is 150 Å². The van der Waals surface area contributed by atoms with Gasteiger partial charge >= 0.3 is 0 Å². The highest BCUT2D eigenvalue weighted by Crippen LogP contribution is 2.38. The van der Waals surface area contributed by atoms with Crippen LogP contribution in [0.25, 0.3) is 27.6 Å². The molecule has 1 aliphatic rings. The van der Waals surface area contributed by atoms with Gasteiger partial charge in [-0.15, -0.1) is 0 Å². The summed E-state index contributed by atoms with van der Waals surface area (Å²) in [6.45, 7) is 0. The van der Waals surface area contributed by atoms with Gasteiger partial charge in [0.05, 0.1) is 0 Å². The molecule has 0 spiro atoms. The molecule has 0 atom stereocenters. The van der Waals surface area contributed by atoms with Gasteiger partial charge in [0.25, 0.3) is 0 Å². The molecular weight excluding hydrogens is 320 g/mol. The SMILES string of the molecule is O=C(c1ccccc1)c1c2c3c(cccc3c3ccccc13)C(=O)C=C2. The molecule has 0 heterocycles. The number of ketones is 2. The van der Waals surface area contributed by atoms with Crippen molar-refractivity contribution in [1.29, 1.82) is 0 Å². The number of rotatable bonds is 2. The molecule has 0 N–H and O–H groups in total. The van der Waals surface area contributed by atoms with Crippen LogP contribution in [-0.2, 0) is 0 Å². The zero-order chi connectivity index (χ0) is 17.7. The van der Waals surface area contributed by atoms with Crippen LogP contribution < -0.4 is 0 Å². The molecule has 0 unspecified atom stereocenters. The molecule has 26 heavy (non-hydrogen) atoms. The van der Waals surface area contributed by atoms with E-state index in [4.69, 9.17) is 0 Å². The number of benzene rings is 4. The van der Waals surface area contributed by atoms with E-state index in [1.807, 2.05) is 72.8 Å². The van der Waals surface area contributed by atoms with Gasteiger partial charge in [0, 0.05) is 22.1 Å². The molecule has 0 amide bonds. The number of fused-ring (bicyclic) bond motifs is 2. The Morgan fingerprint density at radius 1 is 0.654 bits per heavy atom. The summed E-state index contributed by atoms with van der Waals surface area (Å²) in [6.07, 6.45) is 3.36. The van der Waals surface area contributed by atoms with Crippen LogP contribution in [0.3, 0.4) is 0 Å². The van der Waals surface area contributed by atoms with E-state index in [1.165, 1.54) is 0 Å². The first-order valence-corrected chi connectivity index (χ1v) is 8.55. The lowest BCUT2D eigenvalue weighted by Gasteiger charge is -2.19. The molecule has 0 saturated heterocycles. The fourth-order valence-electron chi connectivity index (χ4n) is 3.87. The molecule has 0 bridgehead atoms. The fourth-order valence-corrected chi connectivity index (χ4v) is 3.87. The van der Waals surface area contributed by atoms with E-state index in [0.717, 1.165) is 27.1 Å². The van der Waals surface area contributed by atoms with E-state index in [0.29, 0.717) is 16.7 Å². The maximum absolute atomic E-state index is 13.4. The topological polar surface area (TPSA) is 34.1 Å². The van der Waals surface area contributed by atoms with Gasteiger partial charge in [-0.2, -0.15) is 0 Å². The van der Waals surface area contributed by atoms with Crippen LogP contribution in [0, 0.1) is 0 Å². The molecule has 5 rings (SSSR count). The fraction of sp³-hybridized carbons (Fsp3) is 0. The third-order valence-corrected chi connectivity index (χ3v) is 5.02. The minimum atomic E-state index is -0.0208. The second kappa shape index (κ2) is 5.50. The Morgan fingerprint density at radius 2 is 1.35 bits per heavy atom. The summed E-state index contributed by atoms with van der Waals surface area (Å²) in [5.74, 6) is -0.0380. The molecule has 0 radical (unpaired) electrons. The number of allylic oxidation sites excluding steroid dienone is 1. The summed E-state index contributed by atoms with van der Waals surface area (Å²) in [6, 6.07) is 23.0. The van der Waals surface area contributed by atoms with Crippen LogP contribution in [-0.4, -0.2) is 11.6 Å². The van der Waals surface area contributed by atoms with Gasteiger partial charge in [-0.05, 0) is 33.9 Å². The zero-order valence-corrected chi connectivity index (χ0v) is 13.9. The molecule has 0 aliphatic heterocycles. The highest BCUT2D eigenvalue weighted by Gasteiger charge is 2.24. The van der Waals surface area contributed by atoms with Crippen molar-refractivity contribution < 1.29 is 9.59 Å². The highest BCUT2D eigenvalue weighted by atomic mass is 16.1. The minimum absolute atomic E-state index is 0.0171. The number of carbonyl (C=O) groups is 2. The van der Waals surface area contributed by atoms with E-state index >= 15 is 0 Å². The second-order valence-electron chi connectivity index (χ2n) is 6.46. The standard InChI is InChI=1S/C24H14O2/c25-21-14-13-20-22-17(11-6-12-19(21)22)16-9-4-5-10-18(16)23(20)24(26)15-7-2-1-3-8-15/h1-14H. The van der Waals surface area contributed by atoms with Crippen molar-refractivity contribution in [3.8, 4) is 0 Å². The molecule has 2 heteroatoms. The summed E-state index contributed by atoms with van der Waals surface area (Å²) in [5, 5.41) is 3.80. The maximum Gasteiger partial charge on any atom is 0.194 e. The third-order valence-electron chi connectivity index (χ3n) is 5.02. The van der Waals surface area contributed by atoms with Crippen LogP contribution >= 0.6 is 0 Å². The Balaban J connectivity index is 1.99. The molecule has 4 aromatic rings. The van der Waals surface area contributed by atoms with Crippen LogP contribution in [0.15, 0.2) is 78.9 Å². The molecular formula is C24H14O2. The summed E-state index contributed by atoms with van der Waals surface area (Å²) < 4.78 is 0. The number of hydrogen-bond acceptors (Lipinski definition) is 2. The molecule has 1 aliphatic carbocycles. The molecule has 0 aromatic heterocycles. The molecule has 4 aromatic carbocycles. The van der Waals surface area contributed by atoms with E-state index in [2.05, 4.69) is 0 Å². The van der Waals surface area contributed by atoms with Crippen LogP contribution in [0.1, 0.15) is 31.8 Å². The van der Waals surface area contributed by atoms with Gasteiger partial charge in [0.1, 0.15) is 0 Å². The van der Waals surface area contributed by atoms with Gasteiger partial charge in [0.15, 0.2) is 11.6 Å². The predicted octanol–water partition coefficient (Wildman–Crippen LogP) is 5.43. The Morgan fingerprint density at radius 3 is 2.15 bits per heavy atom. The van der Waals surface area contributed by atoms with E-state index in [9.17, 15) is 9.59 Å². The second-order valence-corrected chi connectivity index (χ2v) is 6.46. The van der Waals surface area contributed by atoms with Gasteiger partial charge in [-0.1, -0.05) is 72.8 Å². The van der Waals surface area contributed by atoms with Crippen molar-refractivity contribution in [2.75, 3.05) is 0 Å². The monoisotopic (exact) mass is 334 g/mol. The largest absolute Gasteiger partial charge is 0.289 e. The minimum Gasteiger partial charge on any atom is -0.289 e. The lowest BCUT2D eigenvalue weighted by molar-refractivity contribution is 0.103. The Bertz CT molecular complexity index is 1250. The van der Waals surface area contributed by atoms with Crippen LogP contribution in [0.5, 0.6) is 0 Å². The first kappa shape index (κ1) is 14.8. The lowest BCUT2D eigenvalue weighted by Crippen LogP contribution is -2.10. The van der Waals surface area contributed by atoms with Crippen molar-refractivity contribution in [3.63, 3.8) is 0 Å². The number of hydrogen-bond donors (Lipinski definition) is 0. The van der Waals surface area contributed by atoms with E-state index in [1.54, 1.807) is 12.2 Å². The van der Waals surface area contributed by atoms with E-state index < -0.39 is 0 Å². The first-order chi connectivity index (χ1) is 12.8. The first-order valence-electron chi connectivity index (χ1n) is 8.55. The van der Waals surface area contributed by atoms with Crippen molar-refractivity contribution in [3.05, 3.63) is 101 Å². The maximum atomic E-state index is 13.4. The quantitative estimate of drug-likeness (QED) is 0.362. The van der Waals surface area contributed by atoms with Gasteiger partial charge in [-0.3, -0.25) is 9.59 Å². The van der Waals surface area contributed by atoms with Crippen LogP contribution in [0.2, 0.25) is 0 Å². The van der Waals surface area contributed by atoms with Crippen molar-refractivity contribution in [1.82, 2.24) is 0 Å². The smallest absolute Gasteiger partial charge is 0.194 e. The predicted molar refractivity (Wildman–Crippen MR) is 105 cm³/mol. The Hall–Kier alpha value is -3.52.